The molecule has 0 aliphatic carbocycles. The van der Waals surface area contributed by atoms with Crippen LogP contribution in [0.5, 0.6) is 5.75 Å². The number of rotatable bonds is 20. The van der Waals surface area contributed by atoms with Crippen LogP contribution in [0.4, 0.5) is 0 Å². The average Bonchev–Trinajstić information content (AvgIpc) is 4.02. The first-order chi connectivity index (χ1) is 29.7. The number of nitrogens with one attached hydrogen (secondary N) is 4. The van der Waals surface area contributed by atoms with Crippen molar-refractivity contribution in [3.63, 3.8) is 0 Å². The lowest BCUT2D eigenvalue weighted by atomic mass is 10.0. The van der Waals surface area contributed by atoms with Gasteiger partial charge in [0.25, 0.3) is 0 Å². The fourth-order valence-electron chi connectivity index (χ4n) is 8.32. The van der Waals surface area contributed by atoms with E-state index in [-0.39, 0.29) is 56.3 Å². The molecule has 3 heterocycles. The van der Waals surface area contributed by atoms with Crippen molar-refractivity contribution in [1.82, 2.24) is 36.0 Å². The third-order valence-electron chi connectivity index (χ3n) is 11.6. The van der Waals surface area contributed by atoms with Crippen LogP contribution >= 0.6 is 0 Å². The molecule has 0 saturated carbocycles. The van der Waals surface area contributed by atoms with Crippen LogP contribution in [0.1, 0.15) is 91.0 Å². The Morgan fingerprint density at radius 1 is 0.698 bits per heavy atom. The van der Waals surface area contributed by atoms with E-state index in [0.29, 0.717) is 44.2 Å². The minimum Gasteiger partial charge on any atom is -0.508 e. The topological polar surface area (TPSA) is 318 Å². The number of aliphatic hydroxyl groups is 1. The second-order valence-corrected chi connectivity index (χ2v) is 17.0. The van der Waals surface area contributed by atoms with Gasteiger partial charge in [0.15, 0.2) is 0 Å². The summed E-state index contributed by atoms with van der Waals surface area (Å²) in [5, 5.41) is 49.2. The lowest BCUT2D eigenvalue weighted by molar-refractivity contribution is -0.148. The molecule has 0 bridgehead atoms. The maximum atomic E-state index is 14.1. The molecule has 10 N–H and O–H groups in total. The largest absolute Gasteiger partial charge is 0.508 e. The van der Waals surface area contributed by atoms with Gasteiger partial charge in [0.1, 0.15) is 48.0 Å². The summed E-state index contributed by atoms with van der Waals surface area (Å²) in [6.45, 7) is 7.11. The van der Waals surface area contributed by atoms with Crippen molar-refractivity contribution < 1.29 is 63.6 Å². The van der Waals surface area contributed by atoms with E-state index >= 15 is 0 Å². The summed E-state index contributed by atoms with van der Waals surface area (Å²) in [6, 6.07) is -3.86. The molecule has 7 amide bonds. The molecule has 21 heteroatoms. The zero-order valence-corrected chi connectivity index (χ0v) is 36.2. The van der Waals surface area contributed by atoms with Crippen molar-refractivity contribution in [3.8, 4) is 5.75 Å². The number of carbonyl (C=O) groups is 9. The molecule has 9 atom stereocenters. The van der Waals surface area contributed by atoms with E-state index in [9.17, 15) is 63.6 Å². The standard InChI is InChI=1S/C42H62N8O13/c1-22(2)20-27(43)40(60)48-17-5-9-31(48)37(57)47-34(24(4)51)38(58)44-23(3)39(59)50-19-7-10-32(50)41(61)49-18-6-8-30(49)36(56)45-28(15-16-33(53)54)35(55)46-29(42(62)63)21-25-11-13-26(52)14-12-25/h11-14,22-24,27-32,34,51-52H,5-10,15-21,43H2,1-4H3,(H,44,58)(H,45,56)(H,46,55)(H,47,57)(H,53,54)(H,62,63)/t23-,24+,27-,28-,29-,30-,31-,32-,34-/m0/s1. The number of benzene rings is 1. The van der Waals surface area contributed by atoms with Gasteiger partial charge in [0, 0.05) is 32.5 Å². The number of carboxylic acid groups (broad SMARTS) is 2. The Morgan fingerprint density at radius 2 is 1.24 bits per heavy atom. The third kappa shape index (κ3) is 13.3. The third-order valence-corrected chi connectivity index (χ3v) is 11.6. The molecule has 21 nitrogen and oxygen atoms in total. The number of likely N-dealkylation sites (tertiary alicyclic amines) is 3. The highest BCUT2D eigenvalue weighted by Crippen LogP contribution is 2.26. The second kappa shape index (κ2) is 22.5. The molecule has 3 saturated heterocycles. The molecular formula is C42H62N8O13. The molecule has 0 aromatic heterocycles. The van der Waals surface area contributed by atoms with Gasteiger partial charge in [-0.2, -0.15) is 0 Å². The van der Waals surface area contributed by atoms with Crippen LogP contribution in [0, 0.1) is 5.92 Å². The zero-order valence-electron chi connectivity index (χ0n) is 36.2. The van der Waals surface area contributed by atoms with Crippen LogP contribution < -0.4 is 27.0 Å². The van der Waals surface area contributed by atoms with Crippen molar-refractivity contribution in [2.75, 3.05) is 19.6 Å². The Hall–Kier alpha value is -5.83. The van der Waals surface area contributed by atoms with E-state index < -0.39 is 108 Å². The molecule has 3 aliphatic heterocycles. The molecule has 0 unspecified atom stereocenters. The highest BCUT2D eigenvalue weighted by Gasteiger charge is 2.44. The molecule has 0 radical (unpaired) electrons. The number of phenolic OH excluding ortho intramolecular Hbond substituents is 1. The first-order valence-electron chi connectivity index (χ1n) is 21.5. The highest BCUT2D eigenvalue weighted by atomic mass is 16.4. The summed E-state index contributed by atoms with van der Waals surface area (Å²) in [6.07, 6.45) is -0.000346. The van der Waals surface area contributed by atoms with Gasteiger partial charge in [-0.1, -0.05) is 26.0 Å². The van der Waals surface area contributed by atoms with Crippen LogP contribution in [0.15, 0.2) is 24.3 Å². The SMILES string of the molecule is CC(C)C[C@H](N)C(=O)N1CCC[C@H]1C(=O)N[C@H](C(=O)N[C@@H](C)C(=O)N1CCC[C@H]1C(=O)N1CCC[C@H]1C(=O)N[C@@H](CCC(=O)O)C(=O)N[C@@H](Cc1ccc(O)cc1)C(=O)O)[C@@H](C)O. The summed E-state index contributed by atoms with van der Waals surface area (Å²) in [7, 11) is 0. The summed E-state index contributed by atoms with van der Waals surface area (Å²) in [5.74, 6) is -7.39. The molecular weight excluding hydrogens is 825 g/mol. The summed E-state index contributed by atoms with van der Waals surface area (Å²) < 4.78 is 0. The quantitative estimate of drug-likeness (QED) is 0.0726. The number of hydrogen-bond acceptors (Lipinski definition) is 12. The van der Waals surface area contributed by atoms with Crippen molar-refractivity contribution in [3.05, 3.63) is 29.8 Å². The molecule has 63 heavy (non-hydrogen) atoms. The number of carbonyl (C=O) groups excluding carboxylic acids is 7. The highest BCUT2D eigenvalue weighted by molar-refractivity contribution is 5.98. The Balaban J connectivity index is 1.39. The van der Waals surface area contributed by atoms with Crippen molar-refractivity contribution in [1.29, 1.82) is 0 Å². The number of aliphatic carboxylic acids is 2. The van der Waals surface area contributed by atoms with Crippen LogP contribution in [0.2, 0.25) is 0 Å². The van der Waals surface area contributed by atoms with Gasteiger partial charge in [-0.05, 0) is 88.8 Å². The first kappa shape index (κ1) is 49.8. The fraction of sp³-hybridized carbons (Fsp3) is 0.643. The Labute approximate surface area is 365 Å². The van der Waals surface area contributed by atoms with Gasteiger partial charge in [0.05, 0.1) is 12.1 Å². The summed E-state index contributed by atoms with van der Waals surface area (Å²) in [4.78, 5) is 123. The van der Waals surface area contributed by atoms with Crippen LogP contribution in [-0.2, 0) is 49.6 Å². The Bertz CT molecular complexity index is 1860. The minimum atomic E-state index is -1.50. The number of hydrogen-bond donors (Lipinski definition) is 9. The van der Waals surface area contributed by atoms with E-state index in [1.807, 2.05) is 13.8 Å². The molecule has 348 valence electrons. The number of phenols is 1. The number of aliphatic hydroxyl groups excluding tert-OH is 1. The second-order valence-electron chi connectivity index (χ2n) is 17.0. The normalized spacial score (nSPS) is 21.4. The van der Waals surface area contributed by atoms with E-state index in [1.54, 1.807) is 0 Å². The summed E-state index contributed by atoms with van der Waals surface area (Å²) >= 11 is 0. The monoisotopic (exact) mass is 886 g/mol. The molecule has 0 spiro atoms. The number of amides is 7. The maximum absolute atomic E-state index is 14.1. The van der Waals surface area contributed by atoms with Crippen molar-refractivity contribution >= 4 is 53.3 Å². The maximum Gasteiger partial charge on any atom is 0.326 e. The van der Waals surface area contributed by atoms with Gasteiger partial charge in [-0.25, -0.2) is 4.79 Å². The Kier molecular flexibility index (Phi) is 17.8. The minimum absolute atomic E-state index is 0.0478. The fourth-order valence-corrected chi connectivity index (χ4v) is 8.32. The van der Waals surface area contributed by atoms with Crippen LogP contribution in [-0.4, -0.2) is 162 Å². The van der Waals surface area contributed by atoms with E-state index in [2.05, 4.69) is 21.3 Å². The number of carboxylic acids is 2. The molecule has 3 fully saturated rings. The van der Waals surface area contributed by atoms with E-state index in [0.717, 1.165) is 0 Å². The molecule has 1 aromatic carbocycles. The molecule has 4 rings (SSSR count). The smallest absolute Gasteiger partial charge is 0.326 e. The number of nitrogens with zero attached hydrogens (tertiary/aromatic N) is 3. The summed E-state index contributed by atoms with van der Waals surface area (Å²) in [5.41, 5.74) is 6.58. The van der Waals surface area contributed by atoms with Crippen molar-refractivity contribution in [2.45, 2.75) is 146 Å². The predicted molar refractivity (Wildman–Crippen MR) is 223 cm³/mol. The molecule has 1 aromatic rings. The van der Waals surface area contributed by atoms with E-state index in [1.165, 1.54) is 52.8 Å². The van der Waals surface area contributed by atoms with Gasteiger partial charge in [-0.15, -0.1) is 0 Å². The van der Waals surface area contributed by atoms with Gasteiger partial charge >= 0.3 is 11.9 Å². The van der Waals surface area contributed by atoms with Crippen LogP contribution in [0.3, 0.4) is 0 Å². The Morgan fingerprint density at radius 3 is 1.79 bits per heavy atom. The lowest BCUT2D eigenvalue weighted by Crippen LogP contribution is -2.60. The number of nitrogens with two attached hydrogens (primary N) is 1. The lowest BCUT2D eigenvalue weighted by Gasteiger charge is -2.33. The zero-order chi connectivity index (χ0) is 46.7. The van der Waals surface area contributed by atoms with Crippen molar-refractivity contribution in [2.24, 2.45) is 11.7 Å². The van der Waals surface area contributed by atoms with Gasteiger partial charge < -0.3 is 62.1 Å². The first-order valence-corrected chi connectivity index (χ1v) is 21.5. The molecule has 3 aliphatic rings. The van der Waals surface area contributed by atoms with E-state index in [4.69, 9.17) is 5.73 Å². The van der Waals surface area contributed by atoms with Gasteiger partial charge in [-0.3, -0.25) is 38.4 Å². The van der Waals surface area contributed by atoms with Gasteiger partial charge in [0.2, 0.25) is 41.4 Å². The van der Waals surface area contributed by atoms with Crippen LogP contribution in [0.25, 0.3) is 0 Å². The number of aromatic hydroxyl groups is 1. The predicted octanol–water partition coefficient (Wildman–Crippen LogP) is -1.43. The average molecular weight is 887 g/mol.